The minimum Gasteiger partial charge on any atom is -0.377 e. The molecule has 0 bridgehead atoms. The molecule has 17 heavy (non-hydrogen) atoms. The van der Waals surface area contributed by atoms with Gasteiger partial charge in [-0.1, -0.05) is 12.8 Å². The van der Waals surface area contributed by atoms with Crippen LogP contribution in [0.3, 0.4) is 0 Å². The minimum absolute atomic E-state index is 0.0977. The average molecular weight is 258 g/mol. The topological polar surface area (TPSA) is 29.5 Å². The Morgan fingerprint density at radius 1 is 1.29 bits per heavy atom. The van der Waals surface area contributed by atoms with E-state index < -0.39 is 0 Å². The van der Waals surface area contributed by atoms with E-state index in [0.717, 1.165) is 6.54 Å². The first-order valence-corrected chi connectivity index (χ1v) is 7.30. The van der Waals surface area contributed by atoms with Crippen LogP contribution in [-0.4, -0.2) is 42.5 Å². The van der Waals surface area contributed by atoms with Gasteiger partial charge >= 0.3 is 0 Å². The van der Waals surface area contributed by atoms with Crippen molar-refractivity contribution in [2.75, 3.05) is 25.6 Å². The molecule has 2 saturated carbocycles. The highest BCUT2D eigenvalue weighted by molar-refractivity contribution is 6.18. The van der Waals surface area contributed by atoms with E-state index in [2.05, 4.69) is 0 Å². The fourth-order valence-electron chi connectivity index (χ4n) is 3.62. The molecule has 3 fully saturated rings. The van der Waals surface area contributed by atoms with Gasteiger partial charge in [0.1, 0.15) is 0 Å². The number of rotatable bonds is 2. The van der Waals surface area contributed by atoms with Gasteiger partial charge in [0.15, 0.2) is 0 Å². The van der Waals surface area contributed by atoms with Crippen LogP contribution in [0.1, 0.15) is 25.7 Å². The van der Waals surface area contributed by atoms with Crippen molar-refractivity contribution in [3.63, 3.8) is 0 Å². The van der Waals surface area contributed by atoms with Gasteiger partial charge in [0.25, 0.3) is 0 Å². The third-order valence-corrected chi connectivity index (χ3v) is 4.99. The first kappa shape index (κ1) is 11.8. The van der Waals surface area contributed by atoms with Crippen molar-refractivity contribution in [1.82, 2.24) is 4.90 Å². The first-order valence-electron chi connectivity index (χ1n) is 6.77. The molecule has 1 aliphatic heterocycles. The van der Waals surface area contributed by atoms with Crippen LogP contribution in [0.15, 0.2) is 0 Å². The Morgan fingerprint density at radius 2 is 2.00 bits per heavy atom. The highest BCUT2D eigenvalue weighted by Crippen LogP contribution is 2.56. The van der Waals surface area contributed by atoms with E-state index in [1.807, 2.05) is 4.90 Å². The number of amides is 1. The molecule has 0 N–H and O–H groups in total. The van der Waals surface area contributed by atoms with Crippen LogP contribution < -0.4 is 0 Å². The second kappa shape index (κ2) is 4.77. The van der Waals surface area contributed by atoms with Gasteiger partial charge in [0.05, 0.1) is 19.3 Å². The summed E-state index contributed by atoms with van der Waals surface area (Å²) in [6.45, 7) is 2.00. The van der Waals surface area contributed by atoms with Crippen molar-refractivity contribution < 1.29 is 9.53 Å². The largest absolute Gasteiger partial charge is 0.377 e. The molecule has 3 atom stereocenters. The Hall–Kier alpha value is -0.280. The van der Waals surface area contributed by atoms with Crippen LogP contribution in [0.5, 0.6) is 0 Å². The smallest absolute Gasteiger partial charge is 0.226 e. The van der Waals surface area contributed by atoms with E-state index in [0.29, 0.717) is 42.8 Å². The number of morpholine rings is 1. The van der Waals surface area contributed by atoms with Gasteiger partial charge < -0.3 is 9.64 Å². The Kier molecular flexibility index (Phi) is 3.31. The lowest BCUT2D eigenvalue weighted by Gasteiger charge is -2.34. The van der Waals surface area contributed by atoms with E-state index in [4.69, 9.17) is 16.3 Å². The van der Waals surface area contributed by atoms with Gasteiger partial charge in [-0.05, 0) is 24.7 Å². The summed E-state index contributed by atoms with van der Waals surface area (Å²) in [5, 5.41) is 0. The number of hydrogen-bond donors (Lipinski definition) is 0. The second-order valence-corrected chi connectivity index (χ2v) is 5.86. The van der Waals surface area contributed by atoms with E-state index in [-0.39, 0.29) is 6.04 Å². The van der Waals surface area contributed by atoms with Crippen LogP contribution in [-0.2, 0) is 9.53 Å². The Bertz CT molecular complexity index is 298. The second-order valence-electron chi connectivity index (χ2n) is 5.55. The molecule has 4 heteroatoms. The fraction of sp³-hybridized carbons (Fsp3) is 0.923. The highest BCUT2D eigenvalue weighted by atomic mass is 35.5. The Morgan fingerprint density at radius 3 is 2.65 bits per heavy atom. The molecule has 0 aromatic heterocycles. The monoisotopic (exact) mass is 257 g/mol. The van der Waals surface area contributed by atoms with Crippen molar-refractivity contribution in [3.05, 3.63) is 0 Å². The summed E-state index contributed by atoms with van der Waals surface area (Å²) in [5.41, 5.74) is 0. The summed E-state index contributed by atoms with van der Waals surface area (Å²) in [6.07, 6.45) is 5.15. The number of fused-ring (bicyclic) bond motifs is 1. The zero-order valence-electron chi connectivity index (χ0n) is 10.1. The predicted octanol–water partition coefficient (Wildman–Crippen LogP) is 1.89. The van der Waals surface area contributed by atoms with E-state index in [1.54, 1.807) is 0 Å². The number of carbonyl (C=O) groups is 1. The molecule has 0 aromatic carbocycles. The number of ether oxygens (including phenoxy) is 1. The summed E-state index contributed by atoms with van der Waals surface area (Å²) in [7, 11) is 0. The molecular weight excluding hydrogens is 238 g/mol. The van der Waals surface area contributed by atoms with Crippen LogP contribution in [0.25, 0.3) is 0 Å². The molecule has 3 unspecified atom stereocenters. The first-order chi connectivity index (χ1) is 8.33. The van der Waals surface area contributed by atoms with Gasteiger partial charge in [-0.3, -0.25) is 4.79 Å². The minimum atomic E-state index is 0.0977. The molecular formula is C13H20ClNO2. The lowest BCUT2D eigenvalue weighted by atomic mass is 10.0. The SMILES string of the molecule is O=C(C1C2CCCCC21)N1CCOCC1CCl. The van der Waals surface area contributed by atoms with E-state index in [1.165, 1.54) is 25.7 Å². The quantitative estimate of drug-likeness (QED) is 0.707. The van der Waals surface area contributed by atoms with E-state index in [9.17, 15) is 4.79 Å². The fourth-order valence-corrected chi connectivity index (χ4v) is 3.88. The summed E-state index contributed by atoms with van der Waals surface area (Å²) >= 11 is 5.92. The van der Waals surface area contributed by atoms with Gasteiger partial charge in [-0.2, -0.15) is 0 Å². The molecule has 3 nitrogen and oxygen atoms in total. The summed E-state index contributed by atoms with van der Waals surface area (Å²) in [4.78, 5) is 14.5. The maximum Gasteiger partial charge on any atom is 0.226 e. The number of nitrogens with zero attached hydrogens (tertiary/aromatic N) is 1. The molecule has 0 spiro atoms. The van der Waals surface area contributed by atoms with Crippen molar-refractivity contribution in [2.45, 2.75) is 31.7 Å². The molecule has 2 aliphatic carbocycles. The van der Waals surface area contributed by atoms with E-state index >= 15 is 0 Å². The lowest BCUT2D eigenvalue weighted by Crippen LogP contribution is -2.50. The predicted molar refractivity (Wildman–Crippen MR) is 66.0 cm³/mol. The average Bonchev–Trinajstić information content (AvgIpc) is 3.12. The number of alkyl halides is 1. The highest BCUT2D eigenvalue weighted by Gasteiger charge is 2.56. The van der Waals surface area contributed by atoms with Crippen molar-refractivity contribution in [2.24, 2.45) is 17.8 Å². The Labute approximate surface area is 107 Å². The van der Waals surface area contributed by atoms with Crippen molar-refractivity contribution >= 4 is 17.5 Å². The summed E-state index contributed by atoms with van der Waals surface area (Å²) < 4.78 is 5.39. The lowest BCUT2D eigenvalue weighted by molar-refractivity contribution is -0.141. The Balaban J connectivity index is 1.65. The third-order valence-electron chi connectivity index (χ3n) is 4.63. The molecule has 0 radical (unpaired) electrons. The van der Waals surface area contributed by atoms with Crippen LogP contribution >= 0.6 is 11.6 Å². The number of hydrogen-bond acceptors (Lipinski definition) is 2. The number of halogens is 1. The molecule has 1 saturated heterocycles. The normalized spacial score (nSPS) is 40.9. The third kappa shape index (κ3) is 2.08. The molecule has 1 amide bonds. The summed E-state index contributed by atoms with van der Waals surface area (Å²) in [5.74, 6) is 2.55. The summed E-state index contributed by atoms with van der Waals surface area (Å²) in [6, 6.07) is 0.0977. The van der Waals surface area contributed by atoms with Gasteiger partial charge in [-0.15, -0.1) is 11.6 Å². The van der Waals surface area contributed by atoms with Gasteiger partial charge in [-0.25, -0.2) is 0 Å². The van der Waals surface area contributed by atoms with Crippen molar-refractivity contribution in [1.29, 1.82) is 0 Å². The molecule has 3 rings (SSSR count). The van der Waals surface area contributed by atoms with Crippen LogP contribution in [0, 0.1) is 17.8 Å². The zero-order chi connectivity index (χ0) is 11.8. The molecule has 96 valence electrons. The maximum absolute atomic E-state index is 12.5. The zero-order valence-corrected chi connectivity index (χ0v) is 10.9. The molecule has 1 heterocycles. The maximum atomic E-state index is 12.5. The van der Waals surface area contributed by atoms with Gasteiger partial charge in [0.2, 0.25) is 5.91 Å². The standard InChI is InChI=1S/C13H20ClNO2/c14-7-9-8-17-6-5-15(9)13(16)12-10-3-1-2-4-11(10)12/h9-12H,1-8H2. The van der Waals surface area contributed by atoms with Crippen LogP contribution in [0.4, 0.5) is 0 Å². The van der Waals surface area contributed by atoms with Crippen molar-refractivity contribution in [3.8, 4) is 0 Å². The van der Waals surface area contributed by atoms with Gasteiger partial charge in [0, 0.05) is 18.3 Å². The molecule has 3 aliphatic rings. The number of carbonyl (C=O) groups excluding carboxylic acids is 1. The van der Waals surface area contributed by atoms with Crippen LogP contribution in [0.2, 0.25) is 0 Å². The molecule has 0 aromatic rings.